The maximum absolute atomic E-state index is 12.5. The summed E-state index contributed by atoms with van der Waals surface area (Å²) in [5.74, 6) is -0.864. The average Bonchev–Trinajstić information content (AvgIpc) is 3.09. The van der Waals surface area contributed by atoms with E-state index in [1.807, 2.05) is 18.3 Å². The summed E-state index contributed by atoms with van der Waals surface area (Å²) in [6.07, 6.45) is 3.47. The van der Waals surface area contributed by atoms with Crippen LogP contribution in [0.2, 0.25) is 0 Å². The van der Waals surface area contributed by atoms with Crippen molar-refractivity contribution in [3.63, 3.8) is 0 Å². The molecular weight excluding hydrogens is 368 g/mol. The van der Waals surface area contributed by atoms with Crippen LogP contribution in [0.15, 0.2) is 48.8 Å². The molecule has 7 nitrogen and oxygen atoms in total. The van der Waals surface area contributed by atoms with E-state index >= 15 is 0 Å². The lowest BCUT2D eigenvalue weighted by atomic mass is 10.1. The van der Waals surface area contributed by atoms with E-state index in [4.69, 9.17) is 10.00 Å². The van der Waals surface area contributed by atoms with Crippen molar-refractivity contribution in [2.45, 2.75) is 39.3 Å². The summed E-state index contributed by atoms with van der Waals surface area (Å²) < 4.78 is 7.04. The van der Waals surface area contributed by atoms with Crippen LogP contribution in [-0.4, -0.2) is 32.9 Å². The number of aromatic nitrogens is 2. The van der Waals surface area contributed by atoms with E-state index in [1.165, 1.54) is 0 Å². The third-order valence-electron chi connectivity index (χ3n) is 4.13. The first-order valence-corrected chi connectivity index (χ1v) is 9.19. The smallest absolute Gasteiger partial charge is 0.328 e. The molecule has 148 valence electrons. The fraction of sp³-hybridized carbons (Fsp3) is 0.273. The summed E-state index contributed by atoms with van der Waals surface area (Å²) in [6, 6.07) is 11.8. The Balaban J connectivity index is 1.77. The van der Waals surface area contributed by atoms with Crippen molar-refractivity contribution < 1.29 is 14.3 Å². The van der Waals surface area contributed by atoms with Crippen LogP contribution >= 0.6 is 0 Å². The number of esters is 1. The third kappa shape index (κ3) is 4.79. The van der Waals surface area contributed by atoms with Gasteiger partial charge in [-0.1, -0.05) is 12.1 Å². The van der Waals surface area contributed by atoms with Crippen LogP contribution in [0.4, 0.5) is 0 Å². The van der Waals surface area contributed by atoms with Crippen molar-refractivity contribution in [1.82, 2.24) is 14.7 Å². The Hall–Kier alpha value is -3.66. The van der Waals surface area contributed by atoms with E-state index in [-0.39, 0.29) is 5.91 Å². The molecule has 7 heteroatoms. The second-order valence-electron chi connectivity index (χ2n) is 7.73. The number of fused-ring (bicyclic) bond motifs is 1. The van der Waals surface area contributed by atoms with Gasteiger partial charge in [0.2, 0.25) is 0 Å². The number of hydrogen-bond donors (Lipinski definition) is 1. The Kier molecular flexibility index (Phi) is 5.37. The van der Waals surface area contributed by atoms with Crippen molar-refractivity contribution in [2.24, 2.45) is 0 Å². The number of nitrogens with zero attached hydrogens (tertiary/aromatic N) is 3. The number of rotatable bonds is 4. The van der Waals surface area contributed by atoms with Crippen LogP contribution < -0.4 is 5.32 Å². The van der Waals surface area contributed by atoms with E-state index in [0.717, 1.165) is 11.3 Å². The molecule has 0 radical (unpaired) electrons. The fourth-order valence-corrected chi connectivity index (χ4v) is 2.71. The molecule has 0 aliphatic heterocycles. The molecule has 29 heavy (non-hydrogen) atoms. The molecule has 0 bridgehead atoms. The SMILES string of the molecule is CC(NC(=O)c1ccc2nc(-c3ccc(C#N)cc3)cn2c1)C(=O)OC(C)(C)C. The Bertz CT molecular complexity index is 1100. The van der Waals surface area contributed by atoms with Crippen molar-refractivity contribution >= 4 is 17.5 Å². The van der Waals surface area contributed by atoms with Crippen molar-refractivity contribution in [3.8, 4) is 17.3 Å². The standard InChI is InChI=1S/C22H22N4O3/c1-14(21(28)29-22(2,3)4)24-20(27)17-9-10-19-25-18(13-26(19)12-17)16-7-5-15(11-23)6-8-16/h5-10,12-14H,1-4H3,(H,24,27). The van der Waals surface area contributed by atoms with Crippen molar-refractivity contribution in [1.29, 1.82) is 5.26 Å². The number of carbonyl (C=O) groups is 2. The molecule has 1 aromatic carbocycles. The molecule has 0 saturated carbocycles. The number of imidazole rings is 1. The van der Waals surface area contributed by atoms with Gasteiger partial charge >= 0.3 is 5.97 Å². The van der Waals surface area contributed by atoms with Crippen LogP contribution in [0.5, 0.6) is 0 Å². The largest absolute Gasteiger partial charge is 0.458 e. The average molecular weight is 390 g/mol. The van der Waals surface area contributed by atoms with Gasteiger partial charge in [-0.15, -0.1) is 0 Å². The third-order valence-corrected chi connectivity index (χ3v) is 4.13. The molecule has 2 heterocycles. The summed E-state index contributed by atoms with van der Waals surface area (Å²) in [6.45, 7) is 6.91. The summed E-state index contributed by atoms with van der Waals surface area (Å²) in [4.78, 5) is 29.1. The normalized spacial score (nSPS) is 12.2. The number of pyridine rings is 1. The van der Waals surface area contributed by atoms with Gasteiger partial charge in [0, 0.05) is 18.0 Å². The minimum absolute atomic E-state index is 0.376. The van der Waals surface area contributed by atoms with Gasteiger partial charge in [0.1, 0.15) is 17.3 Å². The minimum Gasteiger partial charge on any atom is -0.458 e. The van der Waals surface area contributed by atoms with Crippen molar-refractivity contribution in [3.05, 3.63) is 59.9 Å². The van der Waals surface area contributed by atoms with E-state index in [1.54, 1.807) is 62.6 Å². The molecule has 1 amide bonds. The molecular formula is C22H22N4O3. The first kappa shape index (κ1) is 20.1. The summed E-state index contributed by atoms with van der Waals surface area (Å²) in [7, 11) is 0. The number of benzene rings is 1. The van der Waals surface area contributed by atoms with E-state index < -0.39 is 17.6 Å². The van der Waals surface area contributed by atoms with Gasteiger partial charge in [0.15, 0.2) is 0 Å². The number of nitrogens with one attached hydrogen (secondary N) is 1. The molecule has 0 spiro atoms. The highest BCUT2D eigenvalue weighted by Gasteiger charge is 2.23. The van der Waals surface area contributed by atoms with E-state index in [9.17, 15) is 9.59 Å². The highest BCUT2D eigenvalue weighted by molar-refractivity contribution is 5.96. The number of ether oxygens (including phenoxy) is 1. The lowest BCUT2D eigenvalue weighted by Crippen LogP contribution is -2.42. The number of carbonyl (C=O) groups excluding carboxylic acids is 2. The molecule has 3 rings (SSSR count). The summed E-state index contributed by atoms with van der Waals surface area (Å²) in [5, 5.41) is 11.6. The zero-order valence-electron chi connectivity index (χ0n) is 16.8. The van der Waals surface area contributed by atoms with E-state index in [2.05, 4.69) is 16.4 Å². The Labute approximate surface area is 168 Å². The molecule has 1 atom stereocenters. The Morgan fingerprint density at radius 2 is 1.83 bits per heavy atom. The van der Waals surface area contributed by atoms with Crippen LogP contribution in [0.1, 0.15) is 43.6 Å². The first-order valence-electron chi connectivity index (χ1n) is 9.19. The molecule has 3 aromatic rings. The zero-order chi connectivity index (χ0) is 21.2. The monoisotopic (exact) mass is 390 g/mol. The van der Waals surface area contributed by atoms with Crippen molar-refractivity contribution in [2.75, 3.05) is 0 Å². The second kappa shape index (κ2) is 7.76. The van der Waals surface area contributed by atoms with Gasteiger partial charge < -0.3 is 14.5 Å². The maximum Gasteiger partial charge on any atom is 0.328 e. The molecule has 0 saturated heterocycles. The Morgan fingerprint density at radius 3 is 2.45 bits per heavy atom. The first-order chi connectivity index (χ1) is 13.7. The van der Waals surface area contributed by atoms with Gasteiger partial charge in [-0.2, -0.15) is 5.26 Å². The molecule has 0 aliphatic carbocycles. The van der Waals surface area contributed by atoms with Crippen LogP contribution in [0, 0.1) is 11.3 Å². The van der Waals surface area contributed by atoms with E-state index in [0.29, 0.717) is 16.8 Å². The number of hydrogen-bond acceptors (Lipinski definition) is 5. The van der Waals surface area contributed by atoms with Crippen LogP contribution in [0.3, 0.4) is 0 Å². The van der Waals surface area contributed by atoms with Gasteiger partial charge in [-0.25, -0.2) is 9.78 Å². The van der Waals surface area contributed by atoms with Crippen LogP contribution in [0.25, 0.3) is 16.9 Å². The molecule has 1 N–H and O–H groups in total. The van der Waals surface area contributed by atoms with Crippen LogP contribution in [-0.2, 0) is 9.53 Å². The highest BCUT2D eigenvalue weighted by atomic mass is 16.6. The molecule has 0 aliphatic rings. The Morgan fingerprint density at radius 1 is 1.14 bits per heavy atom. The predicted octanol–water partition coefficient (Wildman–Crippen LogP) is 3.33. The maximum atomic E-state index is 12.5. The summed E-state index contributed by atoms with van der Waals surface area (Å²) >= 11 is 0. The predicted molar refractivity (Wildman–Crippen MR) is 108 cm³/mol. The minimum atomic E-state index is -0.769. The lowest BCUT2D eigenvalue weighted by molar-refractivity contribution is -0.156. The lowest BCUT2D eigenvalue weighted by Gasteiger charge is -2.22. The molecule has 0 fully saturated rings. The quantitative estimate of drug-likeness (QED) is 0.689. The second-order valence-corrected chi connectivity index (χ2v) is 7.73. The number of amides is 1. The zero-order valence-corrected chi connectivity index (χ0v) is 16.8. The van der Waals surface area contributed by atoms with Gasteiger partial charge in [0.25, 0.3) is 5.91 Å². The molecule has 2 aromatic heterocycles. The highest BCUT2D eigenvalue weighted by Crippen LogP contribution is 2.20. The summed E-state index contributed by atoms with van der Waals surface area (Å²) in [5.41, 5.74) is 2.65. The topological polar surface area (TPSA) is 96.5 Å². The van der Waals surface area contributed by atoms with Gasteiger partial charge in [0.05, 0.1) is 22.9 Å². The van der Waals surface area contributed by atoms with Gasteiger partial charge in [-0.3, -0.25) is 4.79 Å². The number of nitriles is 1. The molecule has 1 unspecified atom stereocenters. The fourth-order valence-electron chi connectivity index (χ4n) is 2.71. The van der Waals surface area contributed by atoms with Gasteiger partial charge in [-0.05, 0) is 52.0 Å².